The molecule has 0 atom stereocenters. The number of nitrogens with two attached hydrogens (primary N) is 2. The van der Waals surface area contributed by atoms with Gasteiger partial charge in [0.25, 0.3) is 0 Å². The number of hydrogen-bond donors (Lipinski definition) is 2. The van der Waals surface area contributed by atoms with E-state index in [2.05, 4.69) is 10.1 Å². The fourth-order valence-corrected chi connectivity index (χ4v) is 0.538. The summed E-state index contributed by atoms with van der Waals surface area (Å²) < 4.78 is 1.49. The molecule has 0 aliphatic carbocycles. The van der Waals surface area contributed by atoms with Crippen LogP contribution in [0.15, 0.2) is 0 Å². The van der Waals surface area contributed by atoms with Gasteiger partial charge in [-0.3, -0.25) is 0 Å². The molecule has 1 aromatic heterocycles. The highest BCUT2D eigenvalue weighted by Gasteiger charge is 1.98. The number of nitrogens with zero attached hydrogens (tertiary/aromatic N) is 3. The lowest BCUT2D eigenvalue weighted by Crippen LogP contribution is -1.99. The van der Waals surface area contributed by atoms with Crippen molar-refractivity contribution in [2.75, 3.05) is 5.73 Å². The molecule has 0 radical (unpaired) electrons. The molecule has 1 aromatic rings. The lowest BCUT2D eigenvalue weighted by Gasteiger charge is -1.85. The summed E-state index contributed by atoms with van der Waals surface area (Å²) >= 11 is 0. The summed E-state index contributed by atoms with van der Waals surface area (Å²) in [5.74, 6) is 0.977. The quantitative estimate of drug-likeness (QED) is 0.499. The molecule has 0 aromatic carbocycles. The van der Waals surface area contributed by atoms with Crippen LogP contribution in [0.3, 0.4) is 0 Å². The zero-order valence-corrected chi connectivity index (χ0v) is 5.20. The third-order valence-corrected chi connectivity index (χ3v) is 1.02. The normalized spacial score (nSPS) is 10.0. The molecular formula is C4H9N5. The average molecular weight is 127 g/mol. The summed E-state index contributed by atoms with van der Waals surface area (Å²) in [7, 11) is 1.72. The second-order valence-corrected chi connectivity index (χ2v) is 1.71. The topological polar surface area (TPSA) is 82.8 Å². The maximum atomic E-state index is 5.35. The van der Waals surface area contributed by atoms with Crippen molar-refractivity contribution in [2.24, 2.45) is 12.8 Å². The highest BCUT2D eigenvalue weighted by Crippen LogP contribution is 1.94. The lowest BCUT2D eigenvalue weighted by atomic mass is 10.6. The number of nitrogen functional groups attached to an aromatic ring is 1. The van der Waals surface area contributed by atoms with Crippen molar-refractivity contribution in [2.45, 2.75) is 6.54 Å². The highest BCUT2D eigenvalue weighted by molar-refractivity contribution is 5.14. The third kappa shape index (κ3) is 0.996. The first-order valence-corrected chi connectivity index (χ1v) is 2.59. The molecular weight excluding hydrogens is 118 g/mol. The fourth-order valence-electron chi connectivity index (χ4n) is 0.538. The van der Waals surface area contributed by atoms with Gasteiger partial charge in [0.05, 0.1) is 6.54 Å². The Morgan fingerprint density at radius 1 is 1.67 bits per heavy atom. The van der Waals surface area contributed by atoms with Crippen molar-refractivity contribution in [1.29, 1.82) is 0 Å². The maximum absolute atomic E-state index is 5.35. The fraction of sp³-hybridized carbons (Fsp3) is 0.500. The van der Waals surface area contributed by atoms with Gasteiger partial charge < -0.3 is 11.5 Å². The van der Waals surface area contributed by atoms with Crippen molar-refractivity contribution in [1.82, 2.24) is 14.8 Å². The van der Waals surface area contributed by atoms with E-state index in [4.69, 9.17) is 11.5 Å². The summed E-state index contributed by atoms with van der Waals surface area (Å²) in [6.45, 7) is 0.338. The minimum Gasteiger partial charge on any atom is -0.368 e. The van der Waals surface area contributed by atoms with E-state index in [0.717, 1.165) is 0 Å². The predicted molar refractivity (Wildman–Crippen MR) is 33.3 cm³/mol. The van der Waals surface area contributed by atoms with Crippen molar-refractivity contribution in [3.8, 4) is 0 Å². The number of hydrogen-bond acceptors (Lipinski definition) is 4. The average Bonchev–Trinajstić information content (AvgIpc) is 2.13. The standard InChI is InChI=1S/C4H9N5/c1-9-4(6)7-3(2-5)8-9/h2,5H2,1H3,(H2,6,7,8). The van der Waals surface area contributed by atoms with E-state index in [0.29, 0.717) is 18.3 Å². The second-order valence-electron chi connectivity index (χ2n) is 1.71. The van der Waals surface area contributed by atoms with Gasteiger partial charge in [-0.1, -0.05) is 0 Å². The van der Waals surface area contributed by atoms with Crippen molar-refractivity contribution >= 4 is 5.95 Å². The van der Waals surface area contributed by atoms with Crippen LogP contribution in [0.2, 0.25) is 0 Å². The maximum Gasteiger partial charge on any atom is 0.218 e. The number of aromatic nitrogens is 3. The molecule has 1 rings (SSSR count). The second kappa shape index (κ2) is 2.02. The molecule has 0 unspecified atom stereocenters. The van der Waals surface area contributed by atoms with Crippen LogP contribution in [0, 0.1) is 0 Å². The van der Waals surface area contributed by atoms with Crippen LogP contribution < -0.4 is 11.5 Å². The zero-order chi connectivity index (χ0) is 6.85. The van der Waals surface area contributed by atoms with E-state index < -0.39 is 0 Å². The Kier molecular flexibility index (Phi) is 1.35. The van der Waals surface area contributed by atoms with Gasteiger partial charge in [-0.15, -0.1) is 0 Å². The summed E-state index contributed by atoms with van der Waals surface area (Å²) in [6, 6.07) is 0. The van der Waals surface area contributed by atoms with E-state index >= 15 is 0 Å². The van der Waals surface area contributed by atoms with E-state index in [-0.39, 0.29) is 0 Å². The molecule has 4 N–H and O–H groups in total. The predicted octanol–water partition coefficient (Wildman–Crippen LogP) is -1.14. The first kappa shape index (κ1) is 6.03. The van der Waals surface area contributed by atoms with E-state index in [1.54, 1.807) is 7.05 Å². The summed E-state index contributed by atoms with van der Waals surface area (Å²) in [4.78, 5) is 3.83. The molecule has 0 saturated heterocycles. The molecule has 50 valence electrons. The number of anilines is 1. The summed E-state index contributed by atoms with van der Waals surface area (Å²) in [5, 5.41) is 3.88. The molecule has 1 heterocycles. The van der Waals surface area contributed by atoms with Crippen molar-refractivity contribution in [3.63, 3.8) is 0 Å². The summed E-state index contributed by atoms with van der Waals surface area (Å²) in [5.41, 5.74) is 10.6. The van der Waals surface area contributed by atoms with Gasteiger partial charge in [-0.05, 0) is 0 Å². The molecule has 9 heavy (non-hydrogen) atoms. The molecule has 0 bridgehead atoms. The first-order valence-electron chi connectivity index (χ1n) is 2.59. The highest BCUT2D eigenvalue weighted by atomic mass is 15.4. The van der Waals surface area contributed by atoms with Crippen LogP contribution in [-0.4, -0.2) is 14.8 Å². The molecule has 0 aliphatic rings. The van der Waals surface area contributed by atoms with Gasteiger partial charge in [0.15, 0.2) is 5.82 Å². The van der Waals surface area contributed by atoms with Crippen LogP contribution >= 0.6 is 0 Å². The molecule has 5 heteroatoms. The van der Waals surface area contributed by atoms with Crippen LogP contribution in [0.25, 0.3) is 0 Å². The molecule has 0 amide bonds. The Hall–Kier alpha value is -1.10. The van der Waals surface area contributed by atoms with Crippen LogP contribution in [0.1, 0.15) is 5.82 Å². The van der Waals surface area contributed by atoms with Gasteiger partial charge in [-0.25, -0.2) is 4.68 Å². The molecule has 5 nitrogen and oxygen atoms in total. The lowest BCUT2D eigenvalue weighted by molar-refractivity contribution is 0.751. The van der Waals surface area contributed by atoms with Gasteiger partial charge >= 0.3 is 0 Å². The van der Waals surface area contributed by atoms with E-state index in [1.165, 1.54) is 4.68 Å². The van der Waals surface area contributed by atoms with E-state index in [9.17, 15) is 0 Å². The van der Waals surface area contributed by atoms with E-state index in [1.807, 2.05) is 0 Å². The molecule has 0 aliphatic heterocycles. The van der Waals surface area contributed by atoms with Crippen LogP contribution in [0.4, 0.5) is 5.95 Å². The third-order valence-electron chi connectivity index (χ3n) is 1.02. The minimum atomic E-state index is 0.338. The Balaban J connectivity index is 2.98. The largest absolute Gasteiger partial charge is 0.368 e. The van der Waals surface area contributed by atoms with Gasteiger partial charge in [0, 0.05) is 7.05 Å². The Morgan fingerprint density at radius 2 is 2.33 bits per heavy atom. The zero-order valence-electron chi connectivity index (χ0n) is 5.20. The van der Waals surface area contributed by atoms with Crippen LogP contribution in [0.5, 0.6) is 0 Å². The van der Waals surface area contributed by atoms with Crippen LogP contribution in [-0.2, 0) is 13.6 Å². The molecule has 0 saturated carbocycles. The van der Waals surface area contributed by atoms with Gasteiger partial charge in [-0.2, -0.15) is 10.1 Å². The monoisotopic (exact) mass is 127 g/mol. The van der Waals surface area contributed by atoms with Crippen molar-refractivity contribution < 1.29 is 0 Å². The molecule has 0 fully saturated rings. The Morgan fingerprint density at radius 3 is 2.56 bits per heavy atom. The van der Waals surface area contributed by atoms with Gasteiger partial charge in [0.1, 0.15) is 0 Å². The minimum absolute atomic E-state index is 0.338. The van der Waals surface area contributed by atoms with Gasteiger partial charge in [0.2, 0.25) is 5.95 Å². The number of rotatable bonds is 1. The van der Waals surface area contributed by atoms with Crippen molar-refractivity contribution in [3.05, 3.63) is 5.82 Å². The SMILES string of the molecule is Cn1nc(CN)nc1N. The summed E-state index contributed by atoms with van der Waals surface area (Å²) in [6.07, 6.45) is 0. The molecule has 0 spiro atoms. The smallest absolute Gasteiger partial charge is 0.218 e. The Bertz CT molecular complexity index is 183. The first-order chi connectivity index (χ1) is 4.24. The Labute approximate surface area is 52.7 Å². The number of aryl methyl sites for hydroxylation is 1.